The summed E-state index contributed by atoms with van der Waals surface area (Å²) in [5.41, 5.74) is 0. The molecule has 1 unspecified atom stereocenters. The van der Waals surface area contributed by atoms with Crippen LogP contribution < -0.4 is 0 Å². The highest BCUT2D eigenvalue weighted by molar-refractivity contribution is 5.71. The summed E-state index contributed by atoms with van der Waals surface area (Å²) in [7, 11) is 0. The van der Waals surface area contributed by atoms with E-state index in [1.165, 1.54) is 6.08 Å². The summed E-state index contributed by atoms with van der Waals surface area (Å²) in [4.78, 5) is 9.80. The van der Waals surface area contributed by atoms with Gasteiger partial charge in [-0.15, -0.1) is 6.58 Å². The maximum Gasteiger partial charge on any atom is 0.338 e. The fourth-order valence-corrected chi connectivity index (χ4v) is 0.388. The summed E-state index contributed by atoms with van der Waals surface area (Å²) >= 11 is 0. The van der Waals surface area contributed by atoms with Gasteiger partial charge in [0, 0.05) is 0 Å². The third-order valence-corrected chi connectivity index (χ3v) is 0.892. The number of allylic oxidation sites excluding steroid dienone is 1. The summed E-state index contributed by atoms with van der Waals surface area (Å²) in [6, 6.07) is 0. The van der Waals surface area contributed by atoms with E-state index in [0.29, 0.717) is 6.42 Å². The average molecular weight is 132 g/mol. The topological polar surface area (TPSA) is 37.3 Å². The van der Waals surface area contributed by atoms with Crippen molar-refractivity contribution in [3.8, 4) is 0 Å². The van der Waals surface area contributed by atoms with Crippen LogP contribution in [0, 0.1) is 0 Å². The van der Waals surface area contributed by atoms with Gasteiger partial charge in [0.15, 0.2) is 6.17 Å². The Kier molecular flexibility index (Phi) is 3.67. The lowest BCUT2D eigenvalue weighted by atomic mass is 10.2. The number of alkyl halides is 1. The number of hydrogen-bond acceptors (Lipinski definition) is 1. The third kappa shape index (κ3) is 3.70. The van der Waals surface area contributed by atoms with Crippen LogP contribution in [-0.4, -0.2) is 17.2 Å². The molecule has 0 saturated carbocycles. The second kappa shape index (κ2) is 4.06. The predicted octanol–water partition coefficient (Wildman–Crippen LogP) is 1.38. The Morgan fingerprint density at radius 1 is 1.89 bits per heavy atom. The second-order valence-electron chi connectivity index (χ2n) is 1.67. The molecular weight excluding hydrogens is 123 g/mol. The van der Waals surface area contributed by atoms with Crippen molar-refractivity contribution in [1.82, 2.24) is 0 Å². The highest BCUT2D eigenvalue weighted by atomic mass is 19.1. The Bertz CT molecular complexity index is 112. The number of rotatable bonds is 4. The molecule has 0 aromatic rings. The summed E-state index contributed by atoms with van der Waals surface area (Å²) in [5.74, 6) is -1.39. The molecule has 2 nitrogen and oxygen atoms in total. The van der Waals surface area contributed by atoms with E-state index in [9.17, 15) is 9.18 Å². The summed E-state index contributed by atoms with van der Waals surface area (Å²) in [6.45, 7) is 3.33. The molecule has 52 valence electrons. The van der Waals surface area contributed by atoms with E-state index in [2.05, 4.69) is 6.58 Å². The molecule has 1 N–H and O–H groups in total. The molecule has 0 spiro atoms. The zero-order valence-electron chi connectivity index (χ0n) is 5.01. The fourth-order valence-electron chi connectivity index (χ4n) is 0.388. The van der Waals surface area contributed by atoms with Gasteiger partial charge in [-0.3, -0.25) is 0 Å². The Morgan fingerprint density at radius 3 is 2.78 bits per heavy atom. The minimum atomic E-state index is -1.73. The van der Waals surface area contributed by atoms with Gasteiger partial charge < -0.3 is 5.11 Å². The van der Waals surface area contributed by atoms with Gasteiger partial charge in [0.05, 0.1) is 0 Å². The molecule has 1 atom stereocenters. The van der Waals surface area contributed by atoms with Crippen molar-refractivity contribution >= 4 is 5.97 Å². The van der Waals surface area contributed by atoms with Crippen LogP contribution in [0.2, 0.25) is 0 Å². The molecule has 0 aliphatic heterocycles. The van der Waals surface area contributed by atoms with E-state index in [4.69, 9.17) is 5.11 Å². The summed E-state index contributed by atoms with van der Waals surface area (Å²) in [5, 5.41) is 8.00. The number of halogens is 1. The summed E-state index contributed by atoms with van der Waals surface area (Å²) in [6.07, 6.45) is 0.199. The molecule has 0 amide bonds. The van der Waals surface area contributed by atoms with Crippen LogP contribution in [0.4, 0.5) is 4.39 Å². The zero-order valence-corrected chi connectivity index (χ0v) is 5.01. The Balaban J connectivity index is 3.37. The first-order valence-electron chi connectivity index (χ1n) is 2.66. The van der Waals surface area contributed by atoms with Gasteiger partial charge in [0.1, 0.15) is 0 Å². The third-order valence-electron chi connectivity index (χ3n) is 0.892. The van der Waals surface area contributed by atoms with E-state index in [-0.39, 0.29) is 6.42 Å². The lowest BCUT2D eigenvalue weighted by Crippen LogP contribution is -2.13. The molecule has 0 radical (unpaired) electrons. The Morgan fingerprint density at radius 2 is 2.44 bits per heavy atom. The van der Waals surface area contributed by atoms with Crippen LogP contribution in [0.15, 0.2) is 12.7 Å². The standard InChI is InChI=1S/C6H9FO2/c1-2-3-4-5(7)6(8)9/h2,5H,1,3-4H2,(H,8,9). The van der Waals surface area contributed by atoms with Gasteiger partial charge >= 0.3 is 5.97 Å². The van der Waals surface area contributed by atoms with Crippen LogP contribution in [0.5, 0.6) is 0 Å². The minimum absolute atomic E-state index is 0.0266. The van der Waals surface area contributed by atoms with Crippen LogP contribution in [0.3, 0.4) is 0 Å². The Hall–Kier alpha value is -0.860. The van der Waals surface area contributed by atoms with E-state index < -0.39 is 12.1 Å². The molecule has 0 aliphatic rings. The van der Waals surface area contributed by atoms with Gasteiger partial charge in [-0.25, -0.2) is 9.18 Å². The van der Waals surface area contributed by atoms with Gasteiger partial charge in [0.25, 0.3) is 0 Å². The van der Waals surface area contributed by atoms with Gasteiger partial charge in [-0.1, -0.05) is 6.08 Å². The van der Waals surface area contributed by atoms with E-state index in [0.717, 1.165) is 0 Å². The molecule has 3 heteroatoms. The quantitative estimate of drug-likeness (QED) is 0.586. The predicted molar refractivity (Wildman–Crippen MR) is 32.0 cm³/mol. The lowest BCUT2D eigenvalue weighted by Gasteiger charge is -1.96. The first kappa shape index (κ1) is 8.14. The largest absolute Gasteiger partial charge is 0.479 e. The van der Waals surface area contributed by atoms with Crippen molar-refractivity contribution in [2.75, 3.05) is 0 Å². The molecule has 0 rings (SSSR count). The minimum Gasteiger partial charge on any atom is -0.479 e. The molecule has 0 bridgehead atoms. The first-order chi connectivity index (χ1) is 4.18. The normalized spacial score (nSPS) is 12.6. The van der Waals surface area contributed by atoms with Crippen molar-refractivity contribution < 1.29 is 14.3 Å². The maximum absolute atomic E-state index is 12.1. The SMILES string of the molecule is C=CCCC(F)C(=O)O. The van der Waals surface area contributed by atoms with E-state index in [1.54, 1.807) is 0 Å². The van der Waals surface area contributed by atoms with Crippen LogP contribution in [-0.2, 0) is 4.79 Å². The first-order valence-corrected chi connectivity index (χ1v) is 2.66. The summed E-state index contributed by atoms with van der Waals surface area (Å²) < 4.78 is 12.1. The lowest BCUT2D eigenvalue weighted by molar-refractivity contribution is -0.142. The zero-order chi connectivity index (χ0) is 7.28. The van der Waals surface area contributed by atoms with Crippen molar-refractivity contribution in [2.45, 2.75) is 19.0 Å². The molecule has 0 aliphatic carbocycles. The van der Waals surface area contributed by atoms with Gasteiger partial charge in [0.2, 0.25) is 0 Å². The molecule has 0 fully saturated rings. The molecule has 0 heterocycles. The fraction of sp³-hybridized carbons (Fsp3) is 0.500. The van der Waals surface area contributed by atoms with Crippen molar-refractivity contribution in [2.24, 2.45) is 0 Å². The highest BCUT2D eigenvalue weighted by Crippen LogP contribution is 2.01. The van der Waals surface area contributed by atoms with Gasteiger partial charge in [-0.05, 0) is 12.8 Å². The molecule has 0 aromatic heterocycles. The van der Waals surface area contributed by atoms with Crippen LogP contribution >= 0.6 is 0 Å². The average Bonchev–Trinajstić information content (AvgIpc) is 1.82. The number of carbonyl (C=O) groups is 1. The molecule has 0 saturated heterocycles. The van der Waals surface area contributed by atoms with Crippen LogP contribution in [0.25, 0.3) is 0 Å². The smallest absolute Gasteiger partial charge is 0.338 e. The number of carboxylic acid groups (broad SMARTS) is 1. The Labute approximate surface area is 53.0 Å². The highest BCUT2D eigenvalue weighted by Gasteiger charge is 2.12. The van der Waals surface area contributed by atoms with E-state index in [1.807, 2.05) is 0 Å². The van der Waals surface area contributed by atoms with Gasteiger partial charge in [-0.2, -0.15) is 0 Å². The van der Waals surface area contributed by atoms with Crippen molar-refractivity contribution in [1.29, 1.82) is 0 Å². The monoisotopic (exact) mass is 132 g/mol. The molecular formula is C6H9FO2. The van der Waals surface area contributed by atoms with Crippen molar-refractivity contribution in [3.05, 3.63) is 12.7 Å². The molecule has 9 heavy (non-hydrogen) atoms. The number of carboxylic acids is 1. The van der Waals surface area contributed by atoms with Crippen molar-refractivity contribution in [3.63, 3.8) is 0 Å². The number of hydrogen-bond donors (Lipinski definition) is 1. The van der Waals surface area contributed by atoms with Crippen LogP contribution in [0.1, 0.15) is 12.8 Å². The maximum atomic E-state index is 12.1. The number of aliphatic carboxylic acids is 1. The second-order valence-corrected chi connectivity index (χ2v) is 1.67. The molecule has 0 aromatic carbocycles. The van der Waals surface area contributed by atoms with E-state index >= 15 is 0 Å².